The highest BCUT2D eigenvalue weighted by Crippen LogP contribution is 2.45. The molecule has 1 fully saturated rings. The molecule has 0 unspecified atom stereocenters. The Morgan fingerprint density at radius 3 is 2.82 bits per heavy atom. The zero-order valence-electron chi connectivity index (χ0n) is 9.90. The first-order valence-electron chi connectivity index (χ1n) is 5.93. The van der Waals surface area contributed by atoms with Crippen LogP contribution in [0.5, 0.6) is 0 Å². The van der Waals surface area contributed by atoms with E-state index in [4.69, 9.17) is 5.73 Å². The van der Waals surface area contributed by atoms with Gasteiger partial charge in [-0.3, -0.25) is 0 Å². The van der Waals surface area contributed by atoms with Gasteiger partial charge in [-0.15, -0.1) is 0 Å². The SMILES string of the molecule is Cc1cc(-c2cc[nH]c2)nc(C2(CN)CC2)n1. The summed E-state index contributed by atoms with van der Waals surface area (Å²) in [5, 5.41) is 0. The summed E-state index contributed by atoms with van der Waals surface area (Å²) in [5.41, 5.74) is 8.97. The molecule has 0 spiro atoms. The molecular weight excluding hydrogens is 212 g/mol. The topological polar surface area (TPSA) is 67.6 Å². The lowest BCUT2D eigenvalue weighted by molar-refractivity contribution is 0.646. The maximum atomic E-state index is 5.83. The monoisotopic (exact) mass is 228 g/mol. The van der Waals surface area contributed by atoms with Crippen LogP contribution in [0.2, 0.25) is 0 Å². The average Bonchev–Trinajstić information content (AvgIpc) is 2.94. The molecule has 0 amide bonds. The highest BCUT2D eigenvalue weighted by Gasteiger charge is 2.46. The van der Waals surface area contributed by atoms with Gasteiger partial charge in [0.05, 0.1) is 5.69 Å². The Kier molecular flexibility index (Phi) is 2.26. The van der Waals surface area contributed by atoms with Gasteiger partial charge < -0.3 is 10.7 Å². The maximum Gasteiger partial charge on any atom is 0.136 e. The number of nitrogens with zero attached hydrogens (tertiary/aromatic N) is 2. The second-order valence-corrected chi connectivity index (χ2v) is 4.80. The molecule has 4 heteroatoms. The molecule has 88 valence electrons. The molecule has 0 aliphatic heterocycles. The first-order valence-corrected chi connectivity index (χ1v) is 5.93. The van der Waals surface area contributed by atoms with Gasteiger partial charge in [0.25, 0.3) is 0 Å². The molecule has 1 aliphatic rings. The number of rotatable bonds is 3. The summed E-state index contributed by atoms with van der Waals surface area (Å²) in [4.78, 5) is 12.3. The van der Waals surface area contributed by atoms with Crippen LogP contribution in [-0.2, 0) is 5.41 Å². The highest BCUT2D eigenvalue weighted by molar-refractivity contribution is 5.58. The fraction of sp³-hybridized carbons (Fsp3) is 0.385. The van der Waals surface area contributed by atoms with Gasteiger partial charge in [-0.1, -0.05) is 0 Å². The van der Waals surface area contributed by atoms with E-state index in [1.54, 1.807) is 0 Å². The molecule has 3 rings (SSSR count). The Morgan fingerprint density at radius 2 is 2.24 bits per heavy atom. The van der Waals surface area contributed by atoms with Crippen LogP contribution in [0.3, 0.4) is 0 Å². The first-order chi connectivity index (χ1) is 8.23. The molecule has 2 aromatic heterocycles. The molecule has 2 heterocycles. The number of nitrogens with two attached hydrogens (primary N) is 1. The van der Waals surface area contributed by atoms with Gasteiger partial charge in [-0.25, -0.2) is 9.97 Å². The predicted molar refractivity (Wildman–Crippen MR) is 66.5 cm³/mol. The molecular formula is C13H16N4. The van der Waals surface area contributed by atoms with Crippen LogP contribution in [0.25, 0.3) is 11.3 Å². The second-order valence-electron chi connectivity index (χ2n) is 4.80. The summed E-state index contributed by atoms with van der Waals surface area (Å²) < 4.78 is 0. The Hall–Kier alpha value is -1.68. The lowest BCUT2D eigenvalue weighted by Crippen LogP contribution is -2.23. The normalized spacial score (nSPS) is 17.1. The minimum absolute atomic E-state index is 0.0527. The van der Waals surface area contributed by atoms with Crippen molar-refractivity contribution in [1.29, 1.82) is 0 Å². The minimum Gasteiger partial charge on any atom is -0.367 e. The van der Waals surface area contributed by atoms with E-state index >= 15 is 0 Å². The fourth-order valence-corrected chi connectivity index (χ4v) is 2.11. The van der Waals surface area contributed by atoms with Crippen molar-refractivity contribution < 1.29 is 0 Å². The van der Waals surface area contributed by atoms with Gasteiger partial charge in [-0.2, -0.15) is 0 Å². The van der Waals surface area contributed by atoms with Gasteiger partial charge in [0, 0.05) is 35.6 Å². The zero-order valence-corrected chi connectivity index (χ0v) is 9.90. The van der Waals surface area contributed by atoms with Gasteiger partial charge in [0.15, 0.2) is 0 Å². The van der Waals surface area contributed by atoms with Crippen molar-refractivity contribution in [2.45, 2.75) is 25.2 Å². The van der Waals surface area contributed by atoms with Crippen LogP contribution in [0.1, 0.15) is 24.4 Å². The van der Waals surface area contributed by atoms with E-state index in [-0.39, 0.29) is 5.41 Å². The average molecular weight is 228 g/mol. The van der Waals surface area contributed by atoms with E-state index in [1.807, 2.05) is 31.5 Å². The van der Waals surface area contributed by atoms with Gasteiger partial charge >= 0.3 is 0 Å². The molecule has 0 atom stereocenters. The van der Waals surface area contributed by atoms with E-state index in [0.717, 1.165) is 35.6 Å². The summed E-state index contributed by atoms with van der Waals surface area (Å²) in [6.07, 6.45) is 6.08. The van der Waals surface area contributed by atoms with Gasteiger partial charge in [0.1, 0.15) is 5.82 Å². The predicted octanol–water partition coefficient (Wildman–Crippen LogP) is 1.77. The second kappa shape index (κ2) is 3.67. The van der Waals surface area contributed by atoms with E-state index < -0.39 is 0 Å². The van der Waals surface area contributed by atoms with Crippen LogP contribution >= 0.6 is 0 Å². The Labute approximate surface area is 100 Å². The number of hydrogen-bond acceptors (Lipinski definition) is 3. The molecule has 2 aromatic rings. The van der Waals surface area contributed by atoms with Gasteiger partial charge in [-0.05, 0) is 31.9 Å². The molecule has 0 aromatic carbocycles. The smallest absolute Gasteiger partial charge is 0.136 e. The summed E-state index contributed by atoms with van der Waals surface area (Å²) >= 11 is 0. The largest absolute Gasteiger partial charge is 0.367 e. The molecule has 17 heavy (non-hydrogen) atoms. The number of H-pyrrole nitrogens is 1. The number of aromatic amines is 1. The number of nitrogens with one attached hydrogen (secondary N) is 1. The van der Waals surface area contributed by atoms with Crippen molar-refractivity contribution in [3.05, 3.63) is 36.0 Å². The van der Waals surface area contributed by atoms with Crippen molar-refractivity contribution in [2.24, 2.45) is 5.73 Å². The number of aryl methyl sites for hydroxylation is 1. The van der Waals surface area contributed by atoms with Crippen LogP contribution in [0.15, 0.2) is 24.5 Å². The Bertz CT molecular complexity index is 526. The minimum atomic E-state index is 0.0527. The zero-order chi connectivity index (χ0) is 11.9. The summed E-state index contributed by atoms with van der Waals surface area (Å²) in [7, 11) is 0. The van der Waals surface area contributed by atoms with Crippen molar-refractivity contribution in [3.63, 3.8) is 0 Å². The lowest BCUT2D eigenvalue weighted by atomic mass is 10.1. The molecule has 1 aliphatic carbocycles. The summed E-state index contributed by atoms with van der Waals surface area (Å²) in [6.45, 7) is 2.65. The highest BCUT2D eigenvalue weighted by atomic mass is 14.9. The van der Waals surface area contributed by atoms with Crippen molar-refractivity contribution >= 4 is 0 Å². The number of aromatic nitrogens is 3. The fourth-order valence-electron chi connectivity index (χ4n) is 2.11. The van der Waals surface area contributed by atoms with Crippen molar-refractivity contribution in [2.75, 3.05) is 6.54 Å². The molecule has 1 saturated carbocycles. The van der Waals surface area contributed by atoms with E-state index in [1.165, 1.54) is 0 Å². The van der Waals surface area contributed by atoms with Gasteiger partial charge in [0.2, 0.25) is 0 Å². The molecule has 0 saturated heterocycles. The summed E-state index contributed by atoms with van der Waals surface area (Å²) in [5.74, 6) is 0.913. The van der Waals surface area contributed by atoms with E-state index in [9.17, 15) is 0 Å². The molecule has 0 bridgehead atoms. The Morgan fingerprint density at radius 1 is 1.41 bits per heavy atom. The maximum absolute atomic E-state index is 5.83. The van der Waals surface area contributed by atoms with Crippen molar-refractivity contribution in [1.82, 2.24) is 15.0 Å². The van der Waals surface area contributed by atoms with Crippen molar-refractivity contribution in [3.8, 4) is 11.3 Å². The van der Waals surface area contributed by atoms with Crippen LogP contribution in [-0.4, -0.2) is 21.5 Å². The van der Waals surface area contributed by atoms with Crippen LogP contribution in [0, 0.1) is 6.92 Å². The molecule has 0 radical (unpaired) electrons. The van der Waals surface area contributed by atoms with Crippen LogP contribution in [0.4, 0.5) is 0 Å². The standard InChI is InChI=1S/C13H16N4/c1-9-6-11(10-2-5-15-7-10)17-12(16-9)13(8-14)3-4-13/h2,5-7,15H,3-4,8,14H2,1H3. The first kappa shape index (κ1) is 10.5. The molecule has 4 nitrogen and oxygen atoms in total. The van der Waals surface area contributed by atoms with E-state index in [0.29, 0.717) is 6.54 Å². The lowest BCUT2D eigenvalue weighted by Gasteiger charge is -2.12. The third-order valence-electron chi connectivity index (χ3n) is 3.47. The summed E-state index contributed by atoms with van der Waals surface area (Å²) in [6, 6.07) is 4.03. The Balaban J connectivity index is 2.07. The van der Waals surface area contributed by atoms with E-state index in [2.05, 4.69) is 15.0 Å². The third kappa shape index (κ3) is 1.74. The third-order valence-corrected chi connectivity index (χ3v) is 3.47. The number of hydrogen-bond donors (Lipinski definition) is 2. The quantitative estimate of drug-likeness (QED) is 0.841. The molecule has 3 N–H and O–H groups in total. The van der Waals surface area contributed by atoms with Crippen LogP contribution < -0.4 is 5.73 Å².